The van der Waals surface area contributed by atoms with Gasteiger partial charge in [0.25, 0.3) is 0 Å². The summed E-state index contributed by atoms with van der Waals surface area (Å²) in [5, 5.41) is 2.01. The molecule has 58 valence electrons. The molecule has 1 aromatic heterocycles. The molecule has 0 aromatic carbocycles. The van der Waals surface area contributed by atoms with Crippen LogP contribution in [0.1, 0.15) is 33.9 Å². The molecule has 1 rings (SSSR count). The van der Waals surface area contributed by atoms with E-state index in [1.54, 1.807) is 0 Å². The Kier molecular flexibility index (Phi) is 3.03. The van der Waals surface area contributed by atoms with Gasteiger partial charge in [0.2, 0.25) is 0 Å². The number of rotatable bonds is 0. The van der Waals surface area contributed by atoms with E-state index in [4.69, 9.17) is 0 Å². The summed E-state index contributed by atoms with van der Waals surface area (Å²) in [7, 11) is 0. The zero-order valence-electron chi connectivity index (χ0n) is 6.01. The molecule has 0 unspecified atom stereocenters. The summed E-state index contributed by atoms with van der Waals surface area (Å²) in [4.78, 5) is 0. The molecule has 0 amide bonds. The van der Waals surface area contributed by atoms with Crippen molar-refractivity contribution in [3.05, 3.63) is 17.1 Å². The zero-order chi connectivity index (χ0) is 6.91. The van der Waals surface area contributed by atoms with E-state index in [-0.39, 0.29) is 12.8 Å². The zero-order valence-corrected chi connectivity index (χ0v) is 6.83. The van der Waals surface area contributed by atoms with Crippen LogP contribution in [0.15, 0.2) is 11.4 Å². The molecule has 2 heteroatoms. The van der Waals surface area contributed by atoms with Crippen molar-refractivity contribution in [2.45, 2.75) is 33.6 Å². The molecule has 10 heavy (non-hydrogen) atoms. The van der Waals surface area contributed by atoms with Crippen LogP contribution in [0, 0.1) is 0 Å². The van der Waals surface area contributed by atoms with Crippen LogP contribution in [-0.4, -0.2) is 4.37 Å². The molecular weight excluding hydrogens is 142 g/mol. The minimum absolute atomic E-state index is 0. The van der Waals surface area contributed by atoms with E-state index in [9.17, 15) is 0 Å². The van der Waals surface area contributed by atoms with E-state index in [1.165, 1.54) is 17.2 Å². The fourth-order valence-corrected chi connectivity index (χ4v) is 1.30. The van der Waals surface area contributed by atoms with Gasteiger partial charge in [0.05, 0.1) is 5.69 Å². The SMILES string of the molecule is C.CC(C)(C)c1ccsn1. The monoisotopic (exact) mass is 157 g/mol. The van der Waals surface area contributed by atoms with Crippen molar-refractivity contribution in [2.75, 3.05) is 0 Å². The van der Waals surface area contributed by atoms with E-state index in [1.807, 2.05) is 5.38 Å². The number of hydrogen-bond donors (Lipinski definition) is 0. The summed E-state index contributed by atoms with van der Waals surface area (Å²) < 4.78 is 4.23. The third-order valence-corrected chi connectivity index (χ3v) is 1.77. The molecule has 1 aromatic rings. The fraction of sp³-hybridized carbons (Fsp3) is 0.625. The summed E-state index contributed by atoms with van der Waals surface area (Å²) in [6, 6.07) is 2.07. The lowest BCUT2D eigenvalue weighted by atomic mass is 9.93. The first-order chi connectivity index (χ1) is 4.11. The number of hydrogen-bond acceptors (Lipinski definition) is 2. The third kappa shape index (κ3) is 2.10. The first kappa shape index (κ1) is 9.63. The lowest BCUT2D eigenvalue weighted by Crippen LogP contribution is -2.10. The topological polar surface area (TPSA) is 12.9 Å². The molecule has 0 aliphatic heterocycles. The highest BCUT2D eigenvalue weighted by Gasteiger charge is 2.14. The largest absolute Gasteiger partial charge is 0.197 e. The number of nitrogens with zero attached hydrogens (tertiary/aromatic N) is 1. The molecular formula is C8H15NS. The van der Waals surface area contributed by atoms with Crippen LogP contribution in [0.3, 0.4) is 0 Å². The van der Waals surface area contributed by atoms with Crippen LogP contribution in [0.5, 0.6) is 0 Å². The van der Waals surface area contributed by atoms with Gasteiger partial charge < -0.3 is 0 Å². The van der Waals surface area contributed by atoms with Gasteiger partial charge in [0.1, 0.15) is 0 Å². The maximum atomic E-state index is 4.23. The standard InChI is InChI=1S/C7H11NS.CH4/c1-7(2,3)6-4-5-9-8-6;/h4-5H,1-3H3;1H4. The van der Waals surface area contributed by atoms with Crippen LogP contribution in [0.4, 0.5) is 0 Å². The van der Waals surface area contributed by atoms with Gasteiger partial charge in [-0.15, -0.1) is 0 Å². The molecule has 0 atom stereocenters. The van der Waals surface area contributed by atoms with Gasteiger partial charge in [-0.25, -0.2) is 0 Å². The summed E-state index contributed by atoms with van der Waals surface area (Å²) in [5.74, 6) is 0. The lowest BCUT2D eigenvalue weighted by Gasteiger charge is -2.13. The second kappa shape index (κ2) is 3.15. The molecule has 0 spiro atoms. The van der Waals surface area contributed by atoms with Crippen LogP contribution >= 0.6 is 11.5 Å². The Morgan fingerprint density at radius 1 is 1.40 bits per heavy atom. The molecule has 0 fully saturated rings. The fourth-order valence-electron chi connectivity index (χ4n) is 0.599. The van der Waals surface area contributed by atoms with Gasteiger partial charge in [0.15, 0.2) is 0 Å². The average Bonchev–Trinajstić information content (AvgIpc) is 2.08. The Labute approximate surface area is 67.3 Å². The van der Waals surface area contributed by atoms with Crippen molar-refractivity contribution in [3.63, 3.8) is 0 Å². The second-order valence-corrected chi connectivity index (χ2v) is 3.80. The normalized spacial score (nSPS) is 10.7. The van der Waals surface area contributed by atoms with Gasteiger partial charge in [0, 0.05) is 10.8 Å². The van der Waals surface area contributed by atoms with Crippen LogP contribution < -0.4 is 0 Å². The first-order valence-corrected chi connectivity index (χ1v) is 3.85. The molecule has 0 saturated carbocycles. The highest BCUT2D eigenvalue weighted by molar-refractivity contribution is 7.03. The van der Waals surface area contributed by atoms with Crippen molar-refractivity contribution >= 4 is 11.5 Å². The highest BCUT2D eigenvalue weighted by Crippen LogP contribution is 2.20. The van der Waals surface area contributed by atoms with Crippen molar-refractivity contribution < 1.29 is 0 Å². The molecule has 0 radical (unpaired) electrons. The number of aromatic nitrogens is 1. The van der Waals surface area contributed by atoms with E-state index < -0.39 is 0 Å². The lowest BCUT2D eigenvalue weighted by molar-refractivity contribution is 0.576. The van der Waals surface area contributed by atoms with E-state index >= 15 is 0 Å². The maximum absolute atomic E-state index is 4.23. The van der Waals surface area contributed by atoms with Crippen LogP contribution in [0.2, 0.25) is 0 Å². The summed E-state index contributed by atoms with van der Waals surface area (Å²) in [6.07, 6.45) is 0. The third-order valence-electron chi connectivity index (χ3n) is 1.21. The van der Waals surface area contributed by atoms with E-state index in [0.717, 1.165) is 0 Å². The predicted octanol–water partition coefficient (Wildman–Crippen LogP) is 3.08. The minimum atomic E-state index is 0. The average molecular weight is 157 g/mol. The summed E-state index contributed by atoms with van der Waals surface area (Å²) in [6.45, 7) is 6.51. The summed E-state index contributed by atoms with van der Waals surface area (Å²) >= 11 is 1.52. The summed E-state index contributed by atoms with van der Waals surface area (Å²) in [5.41, 5.74) is 1.41. The molecule has 1 heterocycles. The van der Waals surface area contributed by atoms with Crippen molar-refractivity contribution in [1.82, 2.24) is 4.37 Å². The molecule has 0 saturated heterocycles. The van der Waals surface area contributed by atoms with E-state index in [2.05, 4.69) is 31.2 Å². The first-order valence-electron chi connectivity index (χ1n) is 3.01. The van der Waals surface area contributed by atoms with Gasteiger partial charge in [-0.1, -0.05) is 28.2 Å². The Morgan fingerprint density at radius 2 is 2.00 bits per heavy atom. The molecule has 0 aliphatic carbocycles. The van der Waals surface area contributed by atoms with Crippen molar-refractivity contribution in [2.24, 2.45) is 0 Å². The quantitative estimate of drug-likeness (QED) is 0.564. The van der Waals surface area contributed by atoms with E-state index in [0.29, 0.717) is 0 Å². The smallest absolute Gasteiger partial charge is 0.0595 e. The van der Waals surface area contributed by atoms with Gasteiger partial charge in [-0.05, 0) is 17.6 Å². The Balaban J connectivity index is 0.000000810. The van der Waals surface area contributed by atoms with Crippen molar-refractivity contribution in [3.8, 4) is 0 Å². The van der Waals surface area contributed by atoms with Crippen LogP contribution in [0.25, 0.3) is 0 Å². The van der Waals surface area contributed by atoms with Crippen LogP contribution in [-0.2, 0) is 5.41 Å². The molecule has 0 N–H and O–H groups in total. The predicted molar refractivity (Wildman–Crippen MR) is 47.5 cm³/mol. The molecule has 0 bridgehead atoms. The molecule has 0 aliphatic rings. The minimum Gasteiger partial charge on any atom is -0.197 e. The van der Waals surface area contributed by atoms with Gasteiger partial charge in [-0.3, -0.25) is 0 Å². The maximum Gasteiger partial charge on any atom is 0.0595 e. The Morgan fingerprint density at radius 3 is 2.20 bits per heavy atom. The van der Waals surface area contributed by atoms with Crippen molar-refractivity contribution in [1.29, 1.82) is 0 Å². The highest BCUT2D eigenvalue weighted by atomic mass is 32.1. The van der Waals surface area contributed by atoms with Gasteiger partial charge in [-0.2, -0.15) is 4.37 Å². The molecule has 1 nitrogen and oxygen atoms in total. The Bertz CT molecular complexity index is 172. The van der Waals surface area contributed by atoms with Gasteiger partial charge >= 0.3 is 0 Å². The Hall–Kier alpha value is -0.370. The second-order valence-electron chi connectivity index (χ2n) is 3.13.